The van der Waals surface area contributed by atoms with Crippen molar-refractivity contribution in [2.24, 2.45) is 0 Å². The molecule has 0 fully saturated rings. The van der Waals surface area contributed by atoms with Gasteiger partial charge in [-0.05, 0) is 42.5 Å². The van der Waals surface area contributed by atoms with Crippen molar-refractivity contribution < 1.29 is 18.3 Å². The lowest BCUT2D eigenvalue weighted by atomic mass is 10.2. The fourth-order valence-electron chi connectivity index (χ4n) is 2.55. The molecule has 0 aliphatic heterocycles. The average molecular weight is 393 g/mol. The van der Waals surface area contributed by atoms with E-state index in [9.17, 15) is 13.6 Å². The zero-order chi connectivity index (χ0) is 20.2. The quantitative estimate of drug-likeness (QED) is 0.555. The Labute approximate surface area is 163 Å². The van der Waals surface area contributed by atoms with Crippen LogP contribution in [0.4, 0.5) is 14.5 Å². The molecular weight excluding hydrogens is 380 g/mol. The van der Waals surface area contributed by atoms with Gasteiger partial charge >= 0.3 is 0 Å². The molecule has 0 aliphatic rings. The van der Waals surface area contributed by atoms with Crippen LogP contribution in [0.15, 0.2) is 73.3 Å². The summed E-state index contributed by atoms with van der Waals surface area (Å²) in [6.45, 7) is 0. The summed E-state index contributed by atoms with van der Waals surface area (Å²) in [5, 5.41) is 6.54. The SMILES string of the molecule is O=C(Nc1ccc(Oc2cc(-n3cccn3)ncn2)cc1)c1c(F)cccc1F. The van der Waals surface area contributed by atoms with Crippen LogP contribution in [0.5, 0.6) is 11.6 Å². The van der Waals surface area contributed by atoms with Gasteiger partial charge in [-0.2, -0.15) is 5.10 Å². The molecule has 0 atom stereocenters. The minimum absolute atomic E-state index is 0.302. The summed E-state index contributed by atoms with van der Waals surface area (Å²) < 4.78 is 34.7. The van der Waals surface area contributed by atoms with E-state index >= 15 is 0 Å². The smallest absolute Gasteiger partial charge is 0.261 e. The van der Waals surface area contributed by atoms with E-state index < -0.39 is 23.1 Å². The number of amides is 1. The minimum atomic E-state index is -0.931. The molecule has 0 radical (unpaired) electrons. The van der Waals surface area contributed by atoms with E-state index in [1.54, 1.807) is 53.5 Å². The Balaban J connectivity index is 1.46. The minimum Gasteiger partial charge on any atom is -0.439 e. The second-order valence-electron chi connectivity index (χ2n) is 5.84. The van der Waals surface area contributed by atoms with Gasteiger partial charge in [0, 0.05) is 24.1 Å². The maximum absolute atomic E-state index is 13.7. The Morgan fingerprint density at radius 3 is 2.45 bits per heavy atom. The van der Waals surface area contributed by atoms with Crippen LogP contribution in [0, 0.1) is 11.6 Å². The molecule has 1 amide bonds. The first kappa shape index (κ1) is 18.2. The molecule has 7 nitrogen and oxygen atoms in total. The maximum Gasteiger partial charge on any atom is 0.261 e. The second-order valence-corrected chi connectivity index (χ2v) is 5.84. The molecule has 0 saturated heterocycles. The van der Waals surface area contributed by atoms with Crippen LogP contribution in [0.1, 0.15) is 10.4 Å². The molecule has 0 bridgehead atoms. The number of benzene rings is 2. The van der Waals surface area contributed by atoms with Crippen LogP contribution < -0.4 is 10.1 Å². The van der Waals surface area contributed by atoms with Gasteiger partial charge in [0.1, 0.15) is 29.3 Å². The summed E-state index contributed by atoms with van der Waals surface area (Å²) in [6.07, 6.45) is 4.72. The predicted octanol–water partition coefficient (Wildman–Crippen LogP) is 3.99. The normalized spacial score (nSPS) is 10.6. The van der Waals surface area contributed by atoms with E-state index in [0.29, 0.717) is 23.1 Å². The molecule has 9 heteroatoms. The summed E-state index contributed by atoms with van der Waals surface area (Å²) in [5.74, 6) is -1.45. The van der Waals surface area contributed by atoms with E-state index in [-0.39, 0.29) is 0 Å². The Morgan fingerprint density at radius 2 is 1.76 bits per heavy atom. The van der Waals surface area contributed by atoms with Crippen molar-refractivity contribution in [1.29, 1.82) is 0 Å². The van der Waals surface area contributed by atoms with Gasteiger partial charge in [-0.15, -0.1) is 0 Å². The largest absolute Gasteiger partial charge is 0.439 e. The monoisotopic (exact) mass is 393 g/mol. The summed E-state index contributed by atoms with van der Waals surface area (Å²) in [6, 6.07) is 12.9. The zero-order valence-corrected chi connectivity index (χ0v) is 14.8. The van der Waals surface area contributed by atoms with Crippen molar-refractivity contribution >= 4 is 11.6 Å². The lowest BCUT2D eigenvalue weighted by Crippen LogP contribution is -2.15. The molecule has 0 aliphatic carbocycles. The zero-order valence-electron chi connectivity index (χ0n) is 14.8. The van der Waals surface area contributed by atoms with Crippen molar-refractivity contribution in [1.82, 2.24) is 19.7 Å². The van der Waals surface area contributed by atoms with Gasteiger partial charge in [0.15, 0.2) is 5.82 Å². The van der Waals surface area contributed by atoms with Gasteiger partial charge in [-0.25, -0.2) is 23.4 Å². The van der Waals surface area contributed by atoms with Crippen LogP contribution in [0.3, 0.4) is 0 Å². The van der Waals surface area contributed by atoms with Crippen molar-refractivity contribution in [3.63, 3.8) is 0 Å². The number of nitrogens with one attached hydrogen (secondary N) is 1. The average Bonchev–Trinajstić information content (AvgIpc) is 3.25. The summed E-state index contributed by atoms with van der Waals surface area (Å²) in [7, 11) is 0. The highest BCUT2D eigenvalue weighted by Gasteiger charge is 2.17. The third-order valence-corrected chi connectivity index (χ3v) is 3.89. The molecule has 2 aromatic carbocycles. The van der Waals surface area contributed by atoms with Crippen LogP contribution in [0.2, 0.25) is 0 Å². The van der Waals surface area contributed by atoms with Gasteiger partial charge in [0.05, 0.1) is 0 Å². The number of nitrogens with zero attached hydrogens (tertiary/aromatic N) is 4. The Morgan fingerprint density at radius 1 is 1.00 bits per heavy atom. The molecule has 2 aromatic heterocycles. The van der Waals surface area contributed by atoms with Crippen LogP contribution in [-0.2, 0) is 0 Å². The fraction of sp³-hybridized carbons (Fsp3) is 0. The summed E-state index contributed by atoms with van der Waals surface area (Å²) in [4.78, 5) is 20.3. The number of aromatic nitrogens is 4. The molecule has 1 N–H and O–H groups in total. The van der Waals surface area contributed by atoms with E-state index in [0.717, 1.165) is 12.1 Å². The predicted molar refractivity (Wildman–Crippen MR) is 100.0 cm³/mol. The first-order valence-corrected chi connectivity index (χ1v) is 8.45. The van der Waals surface area contributed by atoms with Gasteiger partial charge in [-0.3, -0.25) is 4.79 Å². The van der Waals surface area contributed by atoms with Gasteiger partial charge < -0.3 is 10.1 Å². The third-order valence-electron chi connectivity index (χ3n) is 3.89. The Bertz CT molecular complexity index is 1130. The van der Waals surface area contributed by atoms with Crippen LogP contribution in [-0.4, -0.2) is 25.7 Å². The van der Waals surface area contributed by atoms with Crippen LogP contribution >= 0.6 is 0 Å². The molecule has 0 unspecified atom stereocenters. The number of hydrogen-bond acceptors (Lipinski definition) is 5. The molecule has 0 saturated carbocycles. The fourth-order valence-corrected chi connectivity index (χ4v) is 2.55. The number of carbonyl (C=O) groups is 1. The number of anilines is 1. The van der Waals surface area contributed by atoms with Crippen molar-refractivity contribution in [2.45, 2.75) is 0 Å². The van der Waals surface area contributed by atoms with Crippen molar-refractivity contribution in [3.8, 4) is 17.4 Å². The number of hydrogen-bond donors (Lipinski definition) is 1. The summed E-state index contributed by atoms with van der Waals surface area (Å²) in [5.41, 5.74) is -0.287. The molecule has 4 aromatic rings. The molecule has 0 spiro atoms. The van der Waals surface area contributed by atoms with E-state index in [1.165, 1.54) is 12.4 Å². The highest BCUT2D eigenvalue weighted by atomic mass is 19.1. The van der Waals surface area contributed by atoms with Gasteiger partial charge in [0.2, 0.25) is 5.88 Å². The van der Waals surface area contributed by atoms with E-state index in [4.69, 9.17) is 4.74 Å². The number of ether oxygens (including phenoxy) is 1. The maximum atomic E-state index is 13.7. The van der Waals surface area contributed by atoms with Gasteiger partial charge in [0.25, 0.3) is 5.91 Å². The first-order valence-electron chi connectivity index (χ1n) is 8.45. The first-order chi connectivity index (χ1) is 14.1. The van der Waals surface area contributed by atoms with E-state index in [2.05, 4.69) is 20.4 Å². The topological polar surface area (TPSA) is 81.9 Å². The van der Waals surface area contributed by atoms with Crippen molar-refractivity contribution in [2.75, 3.05) is 5.32 Å². The molecule has 4 rings (SSSR count). The lowest BCUT2D eigenvalue weighted by molar-refractivity contribution is 0.101. The Kier molecular flexibility index (Phi) is 4.93. The highest BCUT2D eigenvalue weighted by molar-refractivity contribution is 6.04. The third kappa shape index (κ3) is 4.08. The molecule has 144 valence electrons. The molecular formula is C20H13F2N5O2. The standard InChI is InChI=1S/C20H13F2N5O2/c21-15-3-1-4-16(22)19(15)20(28)26-13-5-7-14(8-6-13)29-18-11-17(23-12-24-18)27-10-2-9-25-27/h1-12H,(H,26,28). The number of halogens is 2. The number of carbonyl (C=O) groups excluding carboxylic acids is 1. The van der Waals surface area contributed by atoms with E-state index in [1.807, 2.05) is 0 Å². The highest BCUT2D eigenvalue weighted by Crippen LogP contribution is 2.23. The number of rotatable bonds is 5. The van der Waals surface area contributed by atoms with Crippen molar-refractivity contribution in [3.05, 3.63) is 90.5 Å². The van der Waals surface area contributed by atoms with Gasteiger partial charge in [-0.1, -0.05) is 6.07 Å². The second kappa shape index (κ2) is 7.85. The molecule has 2 heterocycles. The summed E-state index contributed by atoms with van der Waals surface area (Å²) >= 11 is 0. The van der Waals surface area contributed by atoms with Crippen LogP contribution in [0.25, 0.3) is 5.82 Å². The lowest BCUT2D eigenvalue weighted by Gasteiger charge is -2.09. The Hall–Kier alpha value is -4.14. The molecule has 29 heavy (non-hydrogen) atoms.